The van der Waals surface area contributed by atoms with Crippen LogP contribution in [0.5, 0.6) is 5.75 Å². The quantitative estimate of drug-likeness (QED) is 0.696. The molecule has 0 spiro atoms. The maximum atomic E-state index is 5.46. The molecule has 13 heavy (non-hydrogen) atoms. The van der Waals surface area contributed by atoms with Crippen molar-refractivity contribution in [1.29, 1.82) is 0 Å². The first-order valence-corrected chi connectivity index (χ1v) is 4.37. The largest absolute Gasteiger partial charge is 0.492 e. The number of aromatic nitrogens is 1. The summed E-state index contributed by atoms with van der Waals surface area (Å²) >= 11 is 0. The number of fused-ring (bicyclic) bond motifs is 1. The molecule has 1 aromatic carbocycles. The van der Waals surface area contributed by atoms with E-state index in [1.807, 2.05) is 37.4 Å². The van der Waals surface area contributed by atoms with Crippen LogP contribution < -0.4 is 4.74 Å². The molecule has 2 rings (SSSR count). The lowest BCUT2D eigenvalue weighted by molar-refractivity contribution is 0.343. The first kappa shape index (κ1) is 8.05. The van der Waals surface area contributed by atoms with E-state index in [9.17, 15) is 0 Å². The number of rotatable bonds is 2. The molecule has 1 heterocycles. The number of benzene rings is 1. The number of nitrogens with zero attached hydrogens (tertiary/aromatic N) is 1. The summed E-state index contributed by atoms with van der Waals surface area (Å²) in [5, 5.41) is 2.24. The van der Waals surface area contributed by atoms with Gasteiger partial charge in [-0.3, -0.25) is 4.98 Å². The summed E-state index contributed by atoms with van der Waals surface area (Å²) in [5.74, 6) is 0.862. The molecule has 0 saturated heterocycles. The Morgan fingerprint density at radius 3 is 2.92 bits per heavy atom. The van der Waals surface area contributed by atoms with Crippen molar-refractivity contribution in [3.63, 3.8) is 0 Å². The van der Waals surface area contributed by atoms with E-state index in [-0.39, 0.29) is 0 Å². The van der Waals surface area contributed by atoms with Gasteiger partial charge < -0.3 is 4.74 Å². The predicted octanol–water partition coefficient (Wildman–Crippen LogP) is 2.63. The lowest BCUT2D eigenvalue weighted by Gasteiger charge is -2.05. The molecule has 0 fully saturated rings. The SMILES string of the molecule is CCOc1cncc2ccccc12. The van der Waals surface area contributed by atoms with Gasteiger partial charge in [-0.1, -0.05) is 24.3 Å². The monoisotopic (exact) mass is 173 g/mol. The molecule has 0 bridgehead atoms. The van der Waals surface area contributed by atoms with Crippen LogP contribution in [0.4, 0.5) is 0 Å². The van der Waals surface area contributed by atoms with Crippen molar-refractivity contribution in [3.8, 4) is 5.75 Å². The lowest BCUT2D eigenvalue weighted by Crippen LogP contribution is -1.92. The van der Waals surface area contributed by atoms with Crippen LogP contribution in [-0.4, -0.2) is 11.6 Å². The van der Waals surface area contributed by atoms with Crippen molar-refractivity contribution in [2.45, 2.75) is 6.92 Å². The highest BCUT2D eigenvalue weighted by atomic mass is 16.5. The smallest absolute Gasteiger partial charge is 0.145 e. The van der Waals surface area contributed by atoms with E-state index < -0.39 is 0 Å². The second-order valence-corrected chi connectivity index (χ2v) is 2.79. The molecular formula is C11H11NO. The number of pyridine rings is 1. The van der Waals surface area contributed by atoms with Gasteiger partial charge in [-0.05, 0) is 6.92 Å². The van der Waals surface area contributed by atoms with Gasteiger partial charge in [0, 0.05) is 17.0 Å². The van der Waals surface area contributed by atoms with Gasteiger partial charge in [0.25, 0.3) is 0 Å². The standard InChI is InChI=1S/C11H11NO/c1-2-13-11-8-12-7-9-5-3-4-6-10(9)11/h3-8H,2H2,1H3. The van der Waals surface area contributed by atoms with Crippen LogP contribution in [0, 0.1) is 0 Å². The maximum Gasteiger partial charge on any atom is 0.145 e. The van der Waals surface area contributed by atoms with Crippen LogP contribution in [0.3, 0.4) is 0 Å². The number of hydrogen-bond donors (Lipinski definition) is 0. The summed E-state index contributed by atoms with van der Waals surface area (Å²) in [6.45, 7) is 2.65. The van der Waals surface area contributed by atoms with Gasteiger partial charge in [-0.25, -0.2) is 0 Å². The third kappa shape index (κ3) is 1.47. The van der Waals surface area contributed by atoms with Crippen LogP contribution in [0.2, 0.25) is 0 Å². The molecule has 0 atom stereocenters. The molecule has 0 aliphatic heterocycles. The van der Waals surface area contributed by atoms with Gasteiger partial charge in [0.05, 0.1) is 12.8 Å². The van der Waals surface area contributed by atoms with Gasteiger partial charge in [0.2, 0.25) is 0 Å². The van der Waals surface area contributed by atoms with Gasteiger partial charge in [-0.2, -0.15) is 0 Å². The summed E-state index contributed by atoms with van der Waals surface area (Å²) in [5.41, 5.74) is 0. The Morgan fingerprint density at radius 1 is 1.23 bits per heavy atom. The Morgan fingerprint density at radius 2 is 2.08 bits per heavy atom. The highest BCUT2D eigenvalue weighted by Gasteiger charge is 1.99. The maximum absolute atomic E-state index is 5.46. The molecular weight excluding hydrogens is 162 g/mol. The summed E-state index contributed by atoms with van der Waals surface area (Å²) in [6.07, 6.45) is 3.60. The second kappa shape index (κ2) is 3.44. The Labute approximate surface area is 77.2 Å². The molecule has 2 heteroatoms. The van der Waals surface area contributed by atoms with Crippen LogP contribution in [0.1, 0.15) is 6.92 Å². The molecule has 2 nitrogen and oxygen atoms in total. The highest BCUT2D eigenvalue weighted by molar-refractivity contribution is 5.87. The van der Waals surface area contributed by atoms with Crippen molar-refractivity contribution in [3.05, 3.63) is 36.7 Å². The van der Waals surface area contributed by atoms with E-state index in [0.29, 0.717) is 6.61 Å². The molecule has 0 N–H and O–H groups in total. The minimum atomic E-state index is 0.676. The van der Waals surface area contributed by atoms with Crippen molar-refractivity contribution in [2.75, 3.05) is 6.61 Å². The Bertz CT molecular complexity index is 406. The fraction of sp³-hybridized carbons (Fsp3) is 0.182. The van der Waals surface area contributed by atoms with Gasteiger partial charge >= 0.3 is 0 Å². The van der Waals surface area contributed by atoms with E-state index in [1.54, 1.807) is 6.20 Å². The number of ether oxygens (including phenoxy) is 1. The second-order valence-electron chi connectivity index (χ2n) is 2.79. The van der Waals surface area contributed by atoms with Crippen LogP contribution >= 0.6 is 0 Å². The average molecular weight is 173 g/mol. The lowest BCUT2D eigenvalue weighted by atomic mass is 10.2. The molecule has 0 radical (unpaired) electrons. The van der Waals surface area contributed by atoms with E-state index in [0.717, 1.165) is 16.5 Å². The summed E-state index contributed by atoms with van der Waals surface area (Å²) in [6, 6.07) is 8.08. The van der Waals surface area contributed by atoms with Gasteiger partial charge in [0.1, 0.15) is 5.75 Å². The third-order valence-corrected chi connectivity index (χ3v) is 1.93. The Hall–Kier alpha value is -1.57. The fourth-order valence-electron chi connectivity index (χ4n) is 1.36. The minimum absolute atomic E-state index is 0.676. The molecule has 2 aromatic rings. The van der Waals surface area contributed by atoms with Crippen molar-refractivity contribution in [2.24, 2.45) is 0 Å². The van der Waals surface area contributed by atoms with Crippen LogP contribution in [0.15, 0.2) is 36.7 Å². The molecule has 66 valence electrons. The molecule has 0 saturated carbocycles. The minimum Gasteiger partial charge on any atom is -0.492 e. The Balaban J connectivity index is 2.61. The third-order valence-electron chi connectivity index (χ3n) is 1.93. The molecule has 0 unspecified atom stereocenters. The topological polar surface area (TPSA) is 22.1 Å². The van der Waals surface area contributed by atoms with Gasteiger partial charge in [0.15, 0.2) is 0 Å². The zero-order valence-corrected chi connectivity index (χ0v) is 7.53. The molecule has 0 aliphatic carbocycles. The molecule has 0 amide bonds. The molecule has 1 aromatic heterocycles. The first-order valence-electron chi connectivity index (χ1n) is 4.37. The zero-order valence-electron chi connectivity index (χ0n) is 7.53. The van der Waals surface area contributed by atoms with Crippen LogP contribution in [-0.2, 0) is 0 Å². The summed E-state index contributed by atoms with van der Waals surface area (Å²) in [7, 11) is 0. The van der Waals surface area contributed by atoms with Crippen molar-refractivity contribution < 1.29 is 4.74 Å². The first-order chi connectivity index (χ1) is 6.42. The average Bonchev–Trinajstić information content (AvgIpc) is 2.19. The zero-order chi connectivity index (χ0) is 9.10. The summed E-state index contributed by atoms with van der Waals surface area (Å²) < 4.78 is 5.46. The van der Waals surface area contributed by atoms with E-state index >= 15 is 0 Å². The Kier molecular flexibility index (Phi) is 2.13. The summed E-state index contributed by atoms with van der Waals surface area (Å²) in [4.78, 5) is 4.11. The van der Waals surface area contributed by atoms with Crippen LogP contribution in [0.25, 0.3) is 10.8 Å². The van der Waals surface area contributed by atoms with E-state index in [1.165, 1.54) is 0 Å². The molecule has 0 aliphatic rings. The van der Waals surface area contributed by atoms with E-state index in [4.69, 9.17) is 4.74 Å². The van der Waals surface area contributed by atoms with Gasteiger partial charge in [-0.15, -0.1) is 0 Å². The fourth-order valence-corrected chi connectivity index (χ4v) is 1.36. The van der Waals surface area contributed by atoms with Crippen molar-refractivity contribution >= 4 is 10.8 Å². The predicted molar refractivity (Wildman–Crippen MR) is 52.9 cm³/mol. The normalized spacial score (nSPS) is 10.2. The number of hydrogen-bond acceptors (Lipinski definition) is 2. The van der Waals surface area contributed by atoms with E-state index in [2.05, 4.69) is 4.98 Å². The van der Waals surface area contributed by atoms with Crippen molar-refractivity contribution in [1.82, 2.24) is 4.98 Å². The highest BCUT2D eigenvalue weighted by Crippen LogP contribution is 2.23.